The Bertz CT molecular complexity index is 962. The van der Waals surface area contributed by atoms with Crippen molar-refractivity contribution in [1.29, 1.82) is 0 Å². The average Bonchev–Trinajstić information content (AvgIpc) is 2.82. The summed E-state index contributed by atoms with van der Waals surface area (Å²) in [5.41, 5.74) is 1.75. The number of halogens is 2. The van der Waals surface area contributed by atoms with Gasteiger partial charge in [0.1, 0.15) is 6.54 Å². The van der Waals surface area contributed by atoms with Crippen LogP contribution in [0, 0.1) is 0 Å². The van der Waals surface area contributed by atoms with Crippen molar-refractivity contribution in [2.24, 2.45) is 0 Å². The number of rotatable bonds is 4. The van der Waals surface area contributed by atoms with Gasteiger partial charge < -0.3 is 9.73 Å². The Morgan fingerprint density at radius 2 is 1.96 bits per heavy atom. The third kappa shape index (κ3) is 3.47. The fraction of sp³-hybridized carbons (Fsp3) is 0.176. The van der Waals surface area contributed by atoms with Gasteiger partial charge in [0, 0.05) is 16.1 Å². The van der Waals surface area contributed by atoms with Crippen LogP contribution in [0.5, 0.6) is 0 Å². The SMILES string of the molecule is C[C@H](NC(=O)Cn1c(=O)oc2cc(Cl)ccc21)c1cccc(Cl)c1. The molecule has 1 heterocycles. The van der Waals surface area contributed by atoms with Crippen LogP contribution in [0.25, 0.3) is 11.1 Å². The second kappa shape index (κ2) is 6.71. The Hall–Kier alpha value is -2.24. The van der Waals surface area contributed by atoms with Gasteiger partial charge >= 0.3 is 5.76 Å². The number of hydrogen-bond donors (Lipinski definition) is 1. The molecule has 124 valence electrons. The van der Waals surface area contributed by atoms with Crippen molar-refractivity contribution in [3.63, 3.8) is 0 Å². The lowest BCUT2D eigenvalue weighted by atomic mass is 10.1. The summed E-state index contributed by atoms with van der Waals surface area (Å²) in [5, 5.41) is 3.90. The van der Waals surface area contributed by atoms with Crippen molar-refractivity contribution < 1.29 is 9.21 Å². The summed E-state index contributed by atoms with van der Waals surface area (Å²) >= 11 is 11.8. The van der Waals surface area contributed by atoms with Crippen molar-refractivity contribution >= 4 is 40.2 Å². The minimum absolute atomic E-state index is 0.141. The number of benzene rings is 2. The van der Waals surface area contributed by atoms with Crippen molar-refractivity contribution in [3.8, 4) is 0 Å². The summed E-state index contributed by atoms with van der Waals surface area (Å²) < 4.78 is 6.38. The van der Waals surface area contributed by atoms with E-state index in [4.69, 9.17) is 27.6 Å². The third-order valence-corrected chi connectivity index (χ3v) is 4.13. The van der Waals surface area contributed by atoms with E-state index in [0.717, 1.165) is 5.56 Å². The van der Waals surface area contributed by atoms with Gasteiger partial charge in [0.15, 0.2) is 5.58 Å². The number of nitrogens with zero attached hydrogens (tertiary/aromatic N) is 1. The van der Waals surface area contributed by atoms with Gasteiger partial charge in [-0.05, 0) is 36.8 Å². The van der Waals surface area contributed by atoms with Crippen LogP contribution in [0.15, 0.2) is 51.7 Å². The standard InChI is InChI=1S/C17H14Cl2N2O3/c1-10(11-3-2-4-12(18)7-11)20-16(22)9-21-14-6-5-13(19)8-15(14)24-17(21)23/h2-8,10H,9H2,1H3,(H,20,22)/t10-/m0/s1. The van der Waals surface area contributed by atoms with Crippen LogP contribution in [0.1, 0.15) is 18.5 Å². The second-order valence-electron chi connectivity index (χ2n) is 5.41. The average molecular weight is 365 g/mol. The monoisotopic (exact) mass is 364 g/mol. The molecule has 0 radical (unpaired) electrons. The number of amides is 1. The molecule has 1 aromatic heterocycles. The van der Waals surface area contributed by atoms with E-state index in [0.29, 0.717) is 21.1 Å². The highest BCUT2D eigenvalue weighted by molar-refractivity contribution is 6.31. The quantitative estimate of drug-likeness (QED) is 0.765. The highest BCUT2D eigenvalue weighted by Gasteiger charge is 2.15. The lowest BCUT2D eigenvalue weighted by Crippen LogP contribution is -2.32. The molecule has 0 aliphatic carbocycles. The molecule has 0 spiro atoms. The van der Waals surface area contributed by atoms with Crippen molar-refractivity contribution in [1.82, 2.24) is 9.88 Å². The third-order valence-electron chi connectivity index (χ3n) is 3.66. The van der Waals surface area contributed by atoms with E-state index in [1.54, 1.807) is 30.3 Å². The molecule has 3 aromatic rings. The van der Waals surface area contributed by atoms with Gasteiger partial charge in [0.2, 0.25) is 5.91 Å². The highest BCUT2D eigenvalue weighted by atomic mass is 35.5. The van der Waals surface area contributed by atoms with Crippen molar-refractivity contribution in [2.45, 2.75) is 19.5 Å². The Kier molecular flexibility index (Phi) is 4.64. The minimum atomic E-state index is -0.599. The van der Waals surface area contributed by atoms with Gasteiger partial charge in [-0.3, -0.25) is 9.36 Å². The fourth-order valence-corrected chi connectivity index (χ4v) is 2.84. The molecule has 1 amide bonds. The topological polar surface area (TPSA) is 64.2 Å². The van der Waals surface area contributed by atoms with E-state index < -0.39 is 5.76 Å². The molecule has 0 saturated heterocycles. The molecule has 1 N–H and O–H groups in total. The number of oxazole rings is 1. The Labute approximate surface area is 147 Å². The Morgan fingerprint density at radius 1 is 1.21 bits per heavy atom. The molecular formula is C17H14Cl2N2O3. The molecule has 5 nitrogen and oxygen atoms in total. The van der Waals surface area contributed by atoms with Gasteiger partial charge in [0.25, 0.3) is 0 Å². The first-order valence-corrected chi connectivity index (χ1v) is 8.03. The molecule has 3 rings (SSSR count). The lowest BCUT2D eigenvalue weighted by molar-refractivity contribution is -0.122. The van der Waals surface area contributed by atoms with Gasteiger partial charge in [-0.15, -0.1) is 0 Å². The summed E-state index contributed by atoms with van der Waals surface area (Å²) in [6, 6.07) is 11.8. The van der Waals surface area contributed by atoms with Crippen molar-refractivity contribution in [2.75, 3.05) is 0 Å². The van der Waals surface area contributed by atoms with Crippen LogP contribution in [0.4, 0.5) is 0 Å². The molecule has 7 heteroatoms. The van der Waals surface area contributed by atoms with Crippen LogP contribution in [0.2, 0.25) is 10.0 Å². The zero-order chi connectivity index (χ0) is 17.3. The second-order valence-corrected chi connectivity index (χ2v) is 6.28. The van der Waals surface area contributed by atoms with Crippen LogP contribution < -0.4 is 11.1 Å². The van der Waals surface area contributed by atoms with E-state index in [-0.39, 0.29) is 18.5 Å². The maximum absolute atomic E-state index is 12.3. The van der Waals surface area contributed by atoms with Gasteiger partial charge in [-0.1, -0.05) is 35.3 Å². The smallest absolute Gasteiger partial charge is 0.408 e. The molecule has 0 saturated carbocycles. The first-order chi connectivity index (χ1) is 11.4. The number of fused-ring (bicyclic) bond motifs is 1. The zero-order valence-electron chi connectivity index (χ0n) is 12.8. The number of hydrogen-bond acceptors (Lipinski definition) is 3. The van der Waals surface area contributed by atoms with Gasteiger partial charge in [-0.2, -0.15) is 0 Å². The molecule has 24 heavy (non-hydrogen) atoms. The van der Waals surface area contributed by atoms with Crippen molar-refractivity contribution in [3.05, 3.63) is 68.6 Å². The summed E-state index contributed by atoms with van der Waals surface area (Å²) in [6.45, 7) is 1.71. The number of carbonyl (C=O) groups excluding carboxylic acids is 1. The summed E-state index contributed by atoms with van der Waals surface area (Å²) in [5.74, 6) is -0.903. The number of carbonyl (C=O) groups is 1. The first-order valence-electron chi connectivity index (χ1n) is 7.28. The molecule has 0 aliphatic heterocycles. The predicted octanol–water partition coefficient (Wildman–Crippen LogP) is 3.78. The van der Waals surface area contributed by atoms with Crippen LogP contribution >= 0.6 is 23.2 Å². The van der Waals surface area contributed by atoms with E-state index >= 15 is 0 Å². The van der Waals surface area contributed by atoms with E-state index in [1.165, 1.54) is 4.57 Å². The number of aromatic nitrogens is 1. The number of nitrogens with one attached hydrogen (secondary N) is 1. The first kappa shape index (κ1) is 16.6. The molecule has 0 aliphatic rings. The molecule has 0 bridgehead atoms. The van der Waals surface area contributed by atoms with Crippen LogP contribution in [-0.4, -0.2) is 10.5 Å². The maximum Gasteiger partial charge on any atom is 0.420 e. The molecule has 2 aromatic carbocycles. The minimum Gasteiger partial charge on any atom is -0.408 e. The van der Waals surface area contributed by atoms with Gasteiger partial charge in [0.05, 0.1) is 11.6 Å². The maximum atomic E-state index is 12.3. The largest absolute Gasteiger partial charge is 0.420 e. The van der Waals surface area contributed by atoms with Crippen LogP contribution in [0.3, 0.4) is 0 Å². The Morgan fingerprint density at radius 3 is 2.71 bits per heavy atom. The summed E-state index contributed by atoms with van der Waals surface area (Å²) in [7, 11) is 0. The highest BCUT2D eigenvalue weighted by Crippen LogP contribution is 2.19. The van der Waals surface area contributed by atoms with E-state index in [9.17, 15) is 9.59 Å². The molecule has 1 atom stereocenters. The fourth-order valence-electron chi connectivity index (χ4n) is 2.48. The van der Waals surface area contributed by atoms with Gasteiger partial charge in [-0.25, -0.2) is 4.79 Å². The summed E-state index contributed by atoms with van der Waals surface area (Å²) in [6.07, 6.45) is 0. The summed E-state index contributed by atoms with van der Waals surface area (Å²) in [4.78, 5) is 24.2. The van der Waals surface area contributed by atoms with E-state index in [2.05, 4.69) is 5.32 Å². The Balaban J connectivity index is 1.78. The molecular weight excluding hydrogens is 351 g/mol. The molecule has 0 fully saturated rings. The van der Waals surface area contributed by atoms with Crippen LogP contribution in [-0.2, 0) is 11.3 Å². The normalized spacial score (nSPS) is 12.3. The molecule has 0 unspecified atom stereocenters. The van der Waals surface area contributed by atoms with E-state index in [1.807, 2.05) is 19.1 Å². The zero-order valence-corrected chi connectivity index (χ0v) is 14.3. The lowest BCUT2D eigenvalue weighted by Gasteiger charge is -2.14. The predicted molar refractivity (Wildman–Crippen MR) is 93.5 cm³/mol.